The molecule has 0 N–H and O–H groups in total. The van der Waals surface area contributed by atoms with E-state index in [1.165, 1.54) is 12.3 Å². The molecular formula is C10H7N3O2. The van der Waals surface area contributed by atoms with Crippen LogP contribution in [0.15, 0.2) is 42.6 Å². The quantitative estimate of drug-likeness (QED) is 0.680. The van der Waals surface area contributed by atoms with Crippen molar-refractivity contribution in [2.45, 2.75) is 0 Å². The van der Waals surface area contributed by atoms with Gasteiger partial charge in [0.2, 0.25) is 5.88 Å². The van der Waals surface area contributed by atoms with Crippen LogP contribution in [0.25, 0.3) is 0 Å². The number of carbonyl (C=O) groups is 1. The van der Waals surface area contributed by atoms with Crippen LogP contribution in [0.3, 0.4) is 0 Å². The van der Waals surface area contributed by atoms with E-state index in [0.717, 1.165) is 0 Å². The molecule has 0 saturated carbocycles. The number of rotatable bonds is 2. The van der Waals surface area contributed by atoms with Crippen molar-refractivity contribution in [1.29, 1.82) is 0 Å². The standard InChI is InChI=1S/C10H7N3O2/c14-10(8-4-2-1-3-5-8)15-9-6-7-11-13-12-9/h1-7H. The van der Waals surface area contributed by atoms with E-state index in [1.807, 2.05) is 6.07 Å². The van der Waals surface area contributed by atoms with Crippen molar-refractivity contribution < 1.29 is 9.53 Å². The minimum Gasteiger partial charge on any atom is -0.402 e. The third-order valence-electron chi connectivity index (χ3n) is 1.69. The molecule has 0 fully saturated rings. The zero-order chi connectivity index (χ0) is 10.5. The highest BCUT2D eigenvalue weighted by Gasteiger charge is 2.07. The van der Waals surface area contributed by atoms with Crippen molar-refractivity contribution in [3.63, 3.8) is 0 Å². The van der Waals surface area contributed by atoms with Crippen LogP contribution >= 0.6 is 0 Å². The van der Waals surface area contributed by atoms with Crippen molar-refractivity contribution in [3.8, 4) is 5.88 Å². The van der Waals surface area contributed by atoms with Crippen molar-refractivity contribution in [3.05, 3.63) is 48.2 Å². The Hall–Kier alpha value is -2.30. The molecule has 0 radical (unpaired) electrons. The van der Waals surface area contributed by atoms with Crippen LogP contribution in [0.1, 0.15) is 10.4 Å². The maximum Gasteiger partial charge on any atom is 0.344 e. The zero-order valence-electron chi connectivity index (χ0n) is 7.70. The Balaban J connectivity index is 2.12. The Bertz CT molecular complexity index is 445. The predicted octanol–water partition coefficient (Wildman–Crippen LogP) is 1.09. The van der Waals surface area contributed by atoms with Crippen LogP contribution in [0.2, 0.25) is 0 Å². The number of benzene rings is 1. The van der Waals surface area contributed by atoms with E-state index in [4.69, 9.17) is 4.74 Å². The largest absolute Gasteiger partial charge is 0.402 e. The van der Waals surface area contributed by atoms with Crippen LogP contribution in [-0.4, -0.2) is 21.4 Å². The van der Waals surface area contributed by atoms with Gasteiger partial charge in [0.25, 0.3) is 0 Å². The summed E-state index contributed by atoms with van der Waals surface area (Å²) < 4.78 is 4.95. The number of carbonyl (C=O) groups excluding carboxylic acids is 1. The van der Waals surface area contributed by atoms with E-state index < -0.39 is 5.97 Å². The molecule has 5 heteroatoms. The van der Waals surface area contributed by atoms with Crippen molar-refractivity contribution in [1.82, 2.24) is 15.4 Å². The molecule has 2 aromatic rings. The molecule has 0 atom stereocenters. The highest BCUT2D eigenvalue weighted by molar-refractivity contribution is 5.90. The highest BCUT2D eigenvalue weighted by Crippen LogP contribution is 2.06. The second kappa shape index (κ2) is 4.28. The number of nitrogens with zero attached hydrogens (tertiary/aromatic N) is 3. The molecule has 0 aliphatic rings. The van der Waals surface area contributed by atoms with Crippen LogP contribution in [0.4, 0.5) is 0 Å². The topological polar surface area (TPSA) is 65.0 Å². The average molecular weight is 201 g/mol. The van der Waals surface area contributed by atoms with Crippen LogP contribution in [-0.2, 0) is 0 Å². The normalized spacial score (nSPS) is 9.60. The highest BCUT2D eigenvalue weighted by atomic mass is 16.5. The Morgan fingerprint density at radius 2 is 1.93 bits per heavy atom. The minimum absolute atomic E-state index is 0.138. The van der Waals surface area contributed by atoms with E-state index in [0.29, 0.717) is 5.56 Å². The molecule has 0 aliphatic heterocycles. The van der Waals surface area contributed by atoms with E-state index in [-0.39, 0.29) is 5.88 Å². The predicted molar refractivity (Wildman–Crippen MR) is 51.2 cm³/mol. The molecule has 1 aromatic heterocycles. The van der Waals surface area contributed by atoms with Gasteiger partial charge in [-0.3, -0.25) is 0 Å². The summed E-state index contributed by atoms with van der Waals surface area (Å²) in [5.41, 5.74) is 0.469. The summed E-state index contributed by atoms with van der Waals surface area (Å²) in [6.07, 6.45) is 1.40. The third kappa shape index (κ3) is 2.34. The van der Waals surface area contributed by atoms with E-state index >= 15 is 0 Å². The molecule has 0 unspecified atom stereocenters. The Morgan fingerprint density at radius 1 is 1.13 bits per heavy atom. The second-order valence-electron chi connectivity index (χ2n) is 2.71. The first-order valence-corrected chi connectivity index (χ1v) is 4.28. The van der Waals surface area contributed by atoms with Gasteiger partial charge >= 0.3 is 5.97 Å². The number of hydrogen-bond donors (Lipinski definition) is 0. The summed E-state index contributed by atoms with van der Waals surface area (Å²) >= 11 is 0. The Labute approximate surface area is 85.7 Å². The molecule has 2 rings (SSSR count). The average Bonchev–Trinajstić information content (AvgIpc) is 2.31. The first-order chi connectivity index (χ1) is 7.36. The molecule has 0 amide bonds. The van der Waals surface area contributed by atoms with Gasteiger partial charge in [-0.05, 0) is 17.3 Å². The lowest BCUT2D eigenvalue weighted by atomic mass is 10.2. The first kappa shape index (κ1) is 9.26. The van der Waals surface area contributed by atoms with Gasteiger partial charge in [0.05, 0.1) is 11.8 Å². The SMILES string of the molecule is O=C(Oc1ccnnn1)c1ccccc1. The van der Waals surface area contributed by atoms with Gasteiger partial charge in [-0.2, -0.15) is 0 Å². The molecular weight excluding hydrogens is 194 g/mol. The number of aromatic nitrogens is 3. The van der Waals surface area contributed by atoms with Gasteiger partial charge in [0, 0.05) is 6.07 Å². The van der Waals surface area contributed by atoms with Gasteiger partial charge in [0.1, 0.15) is 0 Å². The molecule has 0 spiro atoms. The molecule has 5 nitrogen and oxygen atoms in total. The van der Waals surface area contributed by atoms with Crippen LogP contribution in [0.5, 0.6) is 5.88 Å². The Morgan fingerprint density at radius 3 is 2.60 bits per heavy atom. The molecule has 74 valence electrons. The van der Waals surface area contributed by atoms with Crippen LogP contribution < -0.4 is 4.74 Å². The summed E-state index contributed by atoms with van der Waals surface area (Å²) in [6, 6.07) is 10.1. The molecule has 0 saturated heterocycles. The lowest BCUT2D eigenvalue weighted by molar-refractivity contribution is 0.0725. The molecule has 0 aliphatic carbocycles. The monoisotopic (exact) mass is 201 g/mol. The number of ether oxygens (including phenoxy) is 1. The fourth-order valence-electron chi connectivity index (χ4n) is 1.01. The summed E-state index contributed by atoms with van der Waals surface area (Å²) in [5.74, 6) is -0.324. The maximum atomic E-state index is 11.5. The van der Waals surface area contributed by atoms with Crippen LogP contribution in [0, 0.1) is 0 Å². The van der Waals surface area contributed by atoms with Gasteiger partial charge in [-0.1, -0.05) is 23.3 Å². The van der Waals surface area contributed by atoms with Gasteiger partial charge in [0.15, 0.2) is 0 Å². The van der Waals surface area contributed by atoms with E-state index in [9.17, 15) is 4.79 Å². The summed E-state index contributed by atoms with van der Waals surface area (Å²) in [4.78, 5) is 11.5. The summed E-state index contributed by atoms with van der Waals surface area (Å²) in [7, 11) is 0. The number of hydrogen-bond acceptors (Lipinski definition) is 5. The zero-order valence-corrected chi connectivity index (χ0v) is 7.70. The molecule has 1 aromatic carbocycles. The van der Waals surface area contributed by atoms with E-state index in [1.54, 1.807) is 24.3 Å². The lowest BCUT2D eigenvalue weighted by Gasteiger charge is -2.00. The Kier molecular flexibility index (Phi) is 2.64. The van der Waals surface area contributed by atoms with E-state index in [2.05, 4.69) is 15.4 Å². The van der Waals surface area contributed by atoms with Crippen molar-refractivity contribution >= 4 is 5.97 Å². The molecule has 15 heavy (non-hydrogen) atoms. The minimum atomic E-state index is -0.462. The van der Waals surface area contributed by atoms with Gasteiger partial charge < -0.3 is 4.74 Å². The van der Waals surface area contributed by atoms with Gasteiger partial charge in [-0.15, -0.1) is 5.10 Å². The summed E-state index contributed by atoms with van der Waals surface area (Å²) in [6.45, 7) is 0. The third-order valence-corrected chi connectivity index (χ3v) is 1.69. The fourth-order valence-corrected chi connectivity index (χ4v) is 1.01. The van der Waals surface area contributed by atoms with Crippen molar-refractivity contribution in [2.24, 2.45) is 0 Å². The van der Waals surface area contributed by atoms with Gasteiger partial charge in [-0.25, -0.2) is 4.79 Å². The van der Waals surface area contributed by atoms with Crippen molar-refractivity contribution in [2.75, 3.05) is 0 Å². The summed E-state index contributed by atoms with van der Waals surface area (Å²) in [5, 5.41) is 10.4. The lowest BCUT2D eigenvalue weighted by Crippen LogP contribution is -2.09. The molecule has 1 heterocycles. The fraction of sp³-hybridized carbons (Fsp3) is 0. The maximum absolute atomic E-state index is 11.5. The number of esters is 1. The smallest absolute Gasteiger partial charge is 0.344 e. The first-order valence-electron chi connectivity index (χ1n) is 4.28. The molecule has 0 bridgehead atoms. The second-order valence-corrected chi connectivity index (χ2v) is 2.71.